The molecule has 0 aliphatic carbocycles. The van der Waals surface area contributed by atoms with Crippen molar-refractivity contribution in [3.05, 3.63) is 196 Å². The van der Waals surface area contributed by atoms with E-state index in [9.17, 15) is 9.59 Å². The molecule has 0 spiro atoms. The molecule has 294 valence electrons. The maximum atomic E-state index is 14.2. The number of nitrogens with one attached hydrogen (secondary N) is 2. The largest absolute Gasteiger partial charge is 0.336 e. The van der Waals surface area contributed by atoms with Crippen LogP contribution in [0.5, 0.6) is 0 Å². The van der Waals surface area contributed by atoms with Crippen LogP contribution < -0.4 is 16.2 Å². The van der Waals surface area contributed by atoms with Crippen LogP contribution in [0.1, 0.15) is 61.7 Å². The summed E-state index contributed by atoms with van der Waals surface area (Å²) < 4.78 is 3.72. The Labute approximate surface area is 343 Å². The number of nitrogens with zero attached hydrogens (tertiary/aromatic N) is 6. The fraction of sp³-hybridized carbons (Fsp3) is 0.184. The van der Waals surface area contributed by atoms with Crippen molar-refractivity contribution in [2.45, 2.75) is 58.2 Å². The molecule has 0 saturated carbocycles. The van der Waals surface area contributed by atoms with Gasteiger partial charge in [-0.1, -0.05) is 153 Å². The number of aryl methyl sites for hydroxylation is 1. The molecule has 0 aliphatic heterocycles. The SMILES string of the molecule is CCCCc1nc2ccc(NC(=O)NC(C)C)cc2c(=O)n1Cc1ccc(-c2ccccc2-c2nnnn2C(c2ccccc2)(c2ccccc2)c2ccccc2)cc1. The molecule has 2 aromatic heterocycles. The third-order valence-corrected chi connectivity index (χ3v) is 10.6. The van der Waals surface area contributed by atoms with Crippen molar-refractivity contribution in [1.82, 2.24) is 35.1 Å². The van der Waals surface area contributed by atoms with Gasteiger partial charge < -0.3 is 10.6 Å². The number of rotatable bonds is 13. The number of hydrogen-bond acceptors (Lipinski definition) is 6. The number of aromatic nitrogens is 6. The normalized spacial score (nSPS) is 11.5. The van der Waals surface area contributed by atoms with Crippen molar-refractivity contribution < 1.29 is 4.79 Å². The summed E-state index contributed by atoms with van der Waals surface area (Å²) in [4.78, 5) is 31.6. The van der Waals surface area contributed by atoms with Gasteiger partial charge in [0.2, 0.25) is 0 Å². The minimum atomic E-state index is -0.895. The number of urea groups is 1. The van der Waals surface area contributed by atoms with Crippen LogP contribution in [-0.2, 0) is 18.5 Å². The van der Waals surface area contributed by atoms with Crippen LogP contribution in [0.3, 0.4) is 0 Å². The van der Waals surface area contributed by atoms with Crippen molar-refractivity contribution in [3.63, 3.8) is 0 Å². The summed E-state index contributed by atoms with van der Waals surface area (Å²) >= 11 is 0. The fourth-order valence-corrected chi connectivity index (χ4v) is 7.85. The number of unbranched alkanes of at least 4 members (excludes halogenated alkanes) is 1. The van der Waals surface area contributed by atoms with Crippen LogP contribution in [0, 0.1) is 0 Å². The Morgan fingerprint density at radius 2 is 1.32 bits per heavy atom. The molecule has 0 bridgehead atoms. The van der Waals surface area contributed by atoms with Crippen LogP contribution in [0.4, 0.5) is 10.5 Å². The number of anilines is 1. The van der Waals surface area contributed by atoms with E-state index in [1.54, 1.807) is 22.8 Å². The quantitative estimate of drug-likeness (QED) is 0.113. The number of carbonyl (C=O) groups excluding carboxylic acids is 1. The Kier molecular flexibility index (Phi) is 11.2. The van der Waals surface area contributed by atoms with E-state index in [-0.39, 0.29) is 17.6 Å². The standard InChI is InChI=1S/C49H46N8O2/c1-4-5-25-45-52-44-31-30-40(51-48(59)50-34(2)3)32-43(44)47(58)56(45)33-35-26-28-36(29-27-35)41-23-15-16-24-42(41)46-53-54-55-57(46)49(37-17-9-6-10-18-37,38-19-11-7-12-20-38)39-21-13-8-14-22-39/h6-24,26-32,34H,4-5,25,33H2,1-3H3,(H2,50,51,59). The summed E-state index contributed by atoms with van der Waals surface area (Å²) in [5.74, 6) is 1.36. The number of benzene rings is 6. The van der Waals surface area contributed by atoms with Gasteiger partial charge in [0.15, 0.2) is 5.82 Å². The van der Waals surface area contributed by atoms with Gasteiger partial charge in [-0.2, -0.15) is 0 Å². The smallest absolute Gasteiger partial charge is 0.319 e. The summed E-state index contributed by atoms with van der Waals surface area (Å²) in [5.41, 5.74) is 6.95. The van der Waals surface area contributed by atoms with Crippen molar-refractivity contribution in [3.8, 4) is 22.5 Å². The van der Waals surface area contributed by atoms with Crippen LogP contribution >= 0.6 is 0 Å². The van der Waals surface area contributed by atoms with E-state index < -0.39 is 5.54 Å². The molecule has 8 aromatic rings. The van der Waals surface area contributed by atoms with Gasteiger partial charge in [0, 0.05) is 23.7 Å². The summed E-state index contributed by atoms with van der Waals surface area (Å²) in [7, 11) is 0. The molecule has 0 saturated heterocycles. The molecule has 0 aliphatic rings. The highest BCUT2D eigenvalue weighted by atomic mass is 16.2. The zero-order valence-corrected chi connectivity index (χ0v) is 33.4. The van der Waals surface area contributed by atoms with Crippen molar-refractivity contribution in [2.24, 2.45) is 0 Å². The highest BCUT2D eigenvalue weighted by molar-refractivity contribution is 5.92. The minimum Gasteiger partial charge on any atom is -0.336 e. The van der Waals surface area contributed by atoms with Gasteiger partial charge in [-0.15, -0.1) is 5.10 Å². The second-order valence-electron chi connectivity index (χ2n) is 15.0. The average molecular weight is 779 g/mol. The van der Waals surface area contributed by atoms with E-state index >= 15 is 0 Å². The molecular formula is C49H46N8O2. The molecule has 2 heterocycles. The maximum Gasteiger partial charge on any atom is 0.319 e. The molecule has 59 heavy (non-hydrogen) atoms. The van der Waals surface area contributed by atoms with Crippen molar-refractivity contribution >= 4 is 22.6 Å². The lowest BCUT2D eigenvalue weighted by molar-refractivity contribution is 0.250. The summed E-state index contributed by atoms with van der Waals surface area (Å²) in [6.45, 7) is 6.26. The lowest BCUT2D eigenvalue weighted by Crippen LogP contribution is -2.39. The third-order valence-electron chi connectivity index (χ3n) is 10.6. The molecular weight excluding hydrogens is 733 g/mol. The first-order chi connectivity index (χ1) is 28.9. The minimum absolute atomic E-state index is 0.0223. The molecule has 8 rings (SSSR count). The number of amides is 2. The zero-order valence-electron chi connectivity index (χ0n) is 33.4. The van der Waals surface area contributed by atoms with E-state index in [2.05, 4.69) is 95.6 Å². The van der Waals surface area contributed by atoms with Gasteiger partial charge in [-0.05, 0) is 82.3 Å². The molecule has 2 amide bonds. The van der Waals surface area contributed by atoms with E-state index in [1.807, 2.05) is 85.3 Å². The Morgan fingerprint density at radius 3 is 1.92 bits per heavy atom. The van der Waals surface area contributed by atoms with E-state index in [0.29, 0.717) is 35.4 Å². The van der Waals surface area contributed by atoms with Crippen LogP contribution in [0.15, 0.2) is 163 Å². The molecule has 10 heteroatoms. The maximum absolute atomic E-state index is 14.2. The number of fused-ring (bicyclic) bond motifs is 1. The molecule has 2 N–H and O–H groups in total. The van der Waals surface area contributed by atoms with Gasteiger partial charge in [0.1, 0.15) is 11.4 Å². The summed E-state index contributed by atoms with van der Waals surface area (Å²) in [5, 5.41) is 19.9. The molecule has 0 radical (unpaired) electrons. The lowest BCUT2D eigenvalue weighted by Gasteiger charge is -2.36. The zero-order chi connectivity index (χ0) is 40.8. The molecule has 10 nitrogen and oxygen atoms in total. The predicted molar refractivity (Wildman–Crippen MR) is 234 cm³/mol. The first-order valence-corrected chi connectivity index (χ1v) is 20.1. The second-order valence-corrected chi connectivity index (χ2v) is 15.0. The highest BCUT2D eigenvalue weighted by Crippen LogP contribution is 2.43. The monoisotopic (exact) mass is 778 g/mol. The van der Waals surface area contributed by atoms with Gasteiger partial charge in [-0.3, -0.25) is 9.36 Å². The highest BCUT2D eigenvalue weighted by Gasteiger charge is 2.42. The Balaban J connectivity index is 1.18. The first kappa shape index (κ1) is 38.7. The number of carbonyl (C=O) groups is 1. The molecule has 0 atom stereocenters. The van der Waals surface area contributed by atoms with Crippen LogP contribution in [0.2, 0.25) is 0 Å². The fourth-order valence-electron chi connectivity index (χ4n) is 7.85. The molecule has 6 aromatic carbocycles. The Bertz CT molecular complexity index is 2650. The van der Waals surface area contributed by atoms with E-state index in [4.69, 9.17) is 15.3 Å². The summed E-state index contributed by atoms with van der Waals surface area (Å²) in [6.07, 6.45) is 2.56. The van der Waals surface area contributed by atoms with Crippen LogP contribution in [-0.4, -0.2) is 41.8 Å². The van der Waals surface area contributed by atoms with Gasteiger partial charge >= 0.3 is 6.03 Å². The Morgan fingerprint density at radius 1 is 0.729 bits per heavy atom. The second kappa shape index (κ2) is 17.1. The predicted octanol–water partition coefficient (Wildman–Crippen LogP) is 9.48. The molecule has 0 fully saturated rings. The van der Waals surface area contributed by atoms with Crippen LogP contribution in [0.25, 0.3) is 33.4 Å². The number of tetrazole rings is 1. The third kappa shape index (κ3) is 7.77. The van der Waals surface area contributed by atoms with E-state index in [0.717, 1.165) is 57.6 Å². The lowest BCUT2D eigenvalue weighted by atomic mass is 9.77. The first-order valence-electron chi connectivity index (χ1n) is 20.1. The van der Waals surface area contributed by atoms with E-state index in [1.165, 1.54) is 0 Å². The molecule has 0 unspecified atom stereocenters. The average Bonchev–Trinajstić information content (AvgIpc) is 3.76. The Hall–Kier alpha value is -7.20. The number of hydrogen-bond donors (Lipinski definition) is 2. The van der Waals surface area contributed by atoms with Gasteiger partial charge in [0.25, 0.3) is 5.56 Å². The summed E-state index contributed by atoms with van der Waals surface area (Å²) in [6, 6.07) is 52.5. The van der Waals surface area contributed by atoms with Crippen molar-refractivity contribution in [2.75, 3.05) is 5.32 Å². The van der Waals surface area contributed by atoms with Crippen molar-refractivity contribution in [1.29, 1.82) is 0 Å². The van der Waals surface area contributed by atoms with Gasteiger partial charge in [0.05, 0.1) is 17.4 Å². The van der Waals surface area contributed by atoms with Gasteiger partial charge in [-0.25, -0.2) is 14.5 Å². The topological polar surface area (TPSA) is 120 Å².